The van der Waals surface area contributed by atoms with Crippen LogP contribution in [0.1, 0.15) is 16.1 Å². The highest BCUT2D eigenvalue weighted by Crippen LogP contribution is 2.31. The Hall–Kier alpha value is -2.38. The van der Waals surface area contributed by atoms with Gasteiger partial charge in [-0.1, -0.05) is 11.6 Å². The van der Waals surface area contributed by atoms with Crippen LogP contribution >= 0.6 is 23.4 Å². The van der Waals surface area contributed by atoms with Crippen molar-refractivity contribution in [2.45, 2.75) is 6.92 Å². The number of nitrogens with zero attached hydrogens (tertiary/aromatic N) is 3. The van der Waals surface area contributed by atoms with Gasteiger partial charge in [-0.3, -0.25) is 4.79 Å². The summed E-state index contributed by atoms with van der Waals surface area (Å²) in [5.74, 6) is 1.21. The summed E-state index contributed by atoms with van der Waals surface area (Å²) in [5, 5.41) is 3.94. The van der Waals surface area contributed by atoms with E-state index in [-0.39, 0.29) is 10.9 Å². The number of hydrogen-bond acceptors (Lipinski definition) is 5. The highest BCUT2D eigenvalue weighted by molar-refractivity contribution is 7.99. The third-order valence-electron chi connectivity index (χ3n) is 4.59. The van der Waals surface area contributed by atoms with E-state index in [0.717, 1.165) is 17.2 Å². The lowest BCUT2D eigenvalue weighted by atomic mass is 10.1. The Kier molecular flexibility index (Phi) is 5.37. The summed E-state index contributed by atoms with van der Waals surface area (Å²) in [6.07, 6.45) is 1.55. The maximum Gasteiger partial charge on any atom is 0.257 e. The van der Waals surface area contributed by atoms with E-state index in [4.69, 9.17) is 11.6 Å². The molecule has 28 heavy (non-hydrogen) atoms. The van der Waals surface area contributed by atoms with Gasteiger partial charge in [0.15, 0.2) is 5.65 Å². The zero-order valence-corrected chi connectivity index (χ0v) is 16.8. The number of pyridine rings is 2. The molecule has 0 bridgehead atoms. The standard InChI is InChI=1S/C20H18ClFN4OS/c1-12-2-4-14-18(25-13-3-5-16(21)17(22)10-13)15(11-23-19(14)24-12)20(27)26-6-8-28-9-7-26/h2-5,10-11H,6-9H2,1H3,(H,23,24,25). The smallest absolute Gasteiger partial charge is 0.257 e. The minimum Gasteiger partial charge on any atom is -0.354 e. The largest absolute Gasteiger partial charge is 0.354 e. The van der Waals surface area contributed by atoms with Crippen LogP contribution in [-0.4, -0.2) is 45.4 Å². The van der Waals surface area contributed by atoms with Crippen molar-refractivity contribution in [1.82, 2.24) is 14.9 Å². The van der Waals surface area contributed by atoms with Gasteiger partial charge in [0, 0.05) is 47.6 Å². The van der Waals surface area contributed by atoms with Gasteiger partial charge in [-0.05, 0) is 37.3 Å². The first kappa shape index (κ1) is 19.0. The normalized spacial score (nSPS) is 14.3. The number of rotatable bonds is 3. The number of anilines is 2. The first-order chi connectivity index (χ1) is 13.5. The zero-order chi connectivity index (χ0) is 19.7. The molecule has 0 aliphatic carbocycles. The van der Waals surface area contributed by atoms with Crippen LogP contribution in [0.25, 0.3) is 11.0 Å². The third-order valence-corrected chi connectivity index (χ3v) is 5.84. The highest BCUT2D eigenvalue weighted by Gasteiger charge is 2.23. The molecule has 1 N–H and O–H groups in total. The number of aryl methyl sites for hydroxylation is 1. The van der Waals surface area contributed by atoms with Gasteiger partial charge in [0.05, 0.1) is 16.3 Å². The summed E-state index contributed by atoms with van der Waals surface area (Å²) in [6.45, 7) is 3.28. The maximum absolute atomic E-state index is 13.9. The van der Waals surface area contributed by atoms with Gasteiger partial charge in [0.25, 0.3) is 5.91 Å². The minimum atomic E-state index is -0.528. The fourth-order valence-electron chi connectivity index (χ4n) is 3.12. The van der Waals surface area contributed by atoms with E-state index in [1.165, 1.54) is 12.1 Å². The molecule has 0 atom stereocenters. The summed E-state index contributed by atoms with van der Waals surface area (Å²) < 4.78 is 13.9. The molecule has 1 aliphatic rings. The van der Waals surface area contributed by atoms with E-state index in [2.05, 4.69) is 15.3 Å². The summed E-state index contributed by atoms with van der Waals surface area (Å²) in [4.78, 5) is 23.8. The predicted octanol–water partition coefficient (Wildman–Crippen LogP) is 4.66. The van der Waals surface area contributed by atoms with Gasteiger partial charge in [-0.2, -0.15) is 11.8 Å². The van der Waals surface area contributed by atoms with E-state index >= 15 is 0 Å². The van der Waals surface area contributed by atoms with E-state index in [9.17, 15) is 9.18 Å². The fraction of sp³-hybridized carbons (Fsp3) is 0.250. The highest BCUT2D eigenvalue weighted by atomic mass is 35.5. The molecule has 1 aliphatic heterocycles. The number of halogens is 2. The van der Waals surface area contributed by atoms with Crippen molar-refractivity contribution in [3.63, 3.8) is 0 Å². The Labute approximate surface area is 171 Å². The fourth-order valence-corrected chi connectivity index (χ4v) is 4.14. The second-order valence-corrected chi connectivity index (χ2v) is 8.16. The van der Waals surface area contributed by atoms with Gasteiger partial charge < -0.3 is 10.2 Å². The number of aromatic nitrogens is 2. The minimum absolute atomic E-state index is 0.0459. The molecule has 3 heterocycles. The molecule has 0 spiro atoms. The molecule has 1 aromatic carbocycles. The molecular formula is C20H18ClFN4OS. The van der Waals surface area contributed by atoms with Crippen molar-refractivity contribution in [1.29, 1.82) is 0 Å². The Morgan fingerprint density at radius 3 is 2.79 bits per heavy atom. The van der Waals surface area contributed by atoms with Gasteiger partial charge in [0.1, 0.15) is 5.82 Å². The van der Waals surface area contributed by atoms with Gasteiger partial charge >= 0.3 is 0 Å². The van der Waals surface area contributed by atoms with E-state index in [0.29, 0.717) is 41.1 Å². The number of benzene rings is 1. The van der Waals surface area contributed by atoms with Crippen LogP contribution in [-0.2, 0) is 0 Å². The Balaban J connectivity index is 1.81. The first-order valence-electron chi connectivity index (χ1n) is 8.88. The second-order valence-electron chi connectivity index (χ2n) is 6.53. The Morgan fingerprint density at radius 1 is 1.25 bits per heavy atom. The Bertz CT molecular complexity index is 1060. The molecule has 3 aromatic rings. The lowest BCUT2D eigenvalue weighted by Crippen LogP contribution is -2.38. The average Bonchev–Trinajstić information content (AvgIpc) is 2.71. The number of carbonyl (C=O) groups excluding carboxylic acids is 1. The van der Waals surface area contributed by atoms with Crippen LogP contribution in [0.15, 0.2) is 36.5 Å². The van der Waals surface area contributed by atoms with E-state index in [1.807, 2.05) is 35.7 Å². The maximum atomic E-state index is 13.9. The van der Waals surface area contributed by atoms with E-state index < -0.39 is 5.82 Å². The van der Waals surface area contributed by atoms with Crippen LogP contribution in [0, 0.1) is 12.7 Å². The molecule has 0 unspecified atom stereocenters. The van der Waals surface area contributed by atoms with Crippen LogP contribution in [0.5, 0.6) is 0 Å². The van der Waals surface area contributed by atoms with Gasteiger partial charge in [-0.25, -0.2) is 14.4 Å². The molecular weight excluding hydrogens is 399 g/mol. The average molecular weight is 417 g/mol. The summed E-state index contributed by atoms with van der Waals surface area (Å²) in [7, 11) is 0. The molecule has 0 saturated carbocycles. The summed E-state index contributed by atoms with van der Waals surface area (Å²) in [5.41, 5.74) is 2.87. The SMILES string of the molecule is Cc1ccc2c(Nc3ccc(Cl)c(F)c3)c(C(=O)N3CCSCC3)cnc2n1. The monoisotopic (exact) mass is 416 g/mol. The number of thioether (sulfide) groups is 1. The van der Waals surface area contributed by atoms with E-state index in [1.54, 1.807) is 12.3 Å². The molecule has 5 nitrogen and oxygen atoms in total. The number of fused-ring (bicyclic) bond motifs is 1. The molecule has 1 fully saturated rings. The van der Waals surface area contributed by atoms with Crippen molar-refractivity contribution >= 4 is 51.7 Å². The van der Waals surface area contributed by atoms with Crippen LogP contribution < -0.4 is 5.32 Å². The Morgan fingerprint density at radius 2 is 2.04 bits per heavy atom. The molecule has 144 valence electrons. The number of nitrogens with one attached hydrogen (secondary N) is 1. The second kappa shape index (κ2) is 7.93. The molecule has 4 rings (SSSR count). The van der Waals surface area contributed by atoms with Crippen molar-refractivity contribution in [3.8, 4) is 0 Å². The topological polar surface area (TPSA) is 58.1 Å². The lowest BCUT2D eigenvalue weighted by Gasteiger charge is -2.27. The number of hydrogen-bond donors (Lipinski definition) is 1. The molecule has 1 saturated heterocycles. The number of carbonyl (C=O) groups is 1. The molecule has 1 amide bonds. The zero-order valence-electron chi connectivity index (χ0n) is 15.2. The van der Waals surface area contributed by atoms with Crippen molar-refractivity contribution < 1.29 is 9.18 Å². The molecule has 8 heteroatoms. The third kappa shape index (κ3) is 3.77. The van der Waals surface area contributed by atoms with Crippen molar-refractivity contribution in [2.24, 2.45) is 0 Å². The molecule has 2 aromatic heterocycles. The summed E-state index contributed by atoms with van der Waals surface area (Å²) >= 11 is 7.63. The van der Waals surface area contributed by atoms with Gasteiger partial charge in [0.2, 0.25) is 0 Å². The summed E-state index contributed by atoms with van der Waals surface area (Å²) in [6, 6.07) is 8.20. The van der Waals surface area contributed by atoms with Crippen LogP contribution in [0.4, 0.5) is 15.8 Å². The lowest BCUT2D eigenvalue weighted by molar-refractivity contribution is 0.0773. The predicted molar refractivity (Wildman–Crippen MR) is 112 cm³/mol. The quantitative estimate of drug-likeness (QED) is 0.672. The van der Waals surface area contributed by atoms with Crippen LogP contribution in [0.2, 0.25) is 5.02 Å². The van der Waals surface area contributed by atoms with Crippen LogP contribution in [0.3, 0.4) is 0 Å². The van der Waals surface area contributed by atoms with Gasteiger partial charge in [-0.15, -0.1) is 0 Å². The number of amides is 1. The molecule has 0 radical (unpaired) electrons. The first-order valence-corrected chi connectivity index (χ1v) is 10.4. The van der Waals surface area contributed by atoms with Crippen molar-refractivity contribution in [2.75, 3.05) is 29.9 Å². The van der Waals surface area contributed by atoms with Crippen molar-refractivity contribution in [3.05, 3.63) is 58.6 Å².